The van der Waals surface area contributed by atoms with Crippen molar-refractivity contribution >= 4 is 35.2 Å². The fourth-order valence-corrected chi connectivity index (χ4v) is 4.45. The average molecular weight is 483 g/mol. The van der Waals surface area contributed by atoms with Gasteiger partial charge in [0, 0.05) is 29.4 Å². The SMILES string of the molecule is CCCCNC(=O)C(CC)N(Cc1ccc(F)cc1)C(=O)CSCc1c(F)cccc1Cl. The molecule has 0 fully saturated rings. The molecule has 2 aromatic rings. The van der Waals surface area contributed by atoms with E-state index < -0.39 is 11.9 Å². The van der Waals surface area contributed by atoms with Gasteiger partial charge in [0.05, 0.1) is 5.75 Å². The lowest BCUT2D eigenvalue weighted by molar-refractivity contribution is -0.139. The Balaban J connectivity index is 2.13. The molecule has 0 aliphatic rings. The Bertz CT molecular complexity index is 876. The van der Waals surface area contributed by atoms with Gasteiger partial charge >= 0.3 is 0 Å². The summed E-state index contributed by atoms with van der Waals surface area (Å²) >= 11 is 7.31. The summed E-state index contributed by atoms with van der Waals surface area (Å²) in [5.74, 6) is -0.940. The molecular weight excluding hydrogens is 454 g/mol. The second-order valence-electron chi connectivity index (χ2n) is 7.41. The van der Waals surface area contributed by atoms with Crippen LogP contribution in [-0.4, -0.2) is 35.1 Å². The van der Waals surface area contributed by atoms with Gasteiger partial charge in [-0.1, -0.05) is 50.1 Å². The third-order valence-corrected chi connectivity index (χ3v) is 6.31. The molecule has 0 saturated heterocycles. The van der Waals surface area contributed by atoms with Gasteiger partial charge in [-0.25, -0.2) is 8.78 Å². The van der Waals surface area contributed by atoms with Crippen LogP contribution in [0.25, 0.3) is 0 Å². The van der Waals surface area contributed by atoms with Crippen LogP contribution in [0.3, 0.4) is 0 Å². The summed E-state index contributed by atoms with van der Waals surface area (Å²) in [4.78, 5) is 27.4. The Labute approximate surface area is 197 Å². The van der Waals surface area contributed by atoms with E-state index in [1.807, 2.05) is 13.8 Å². The molecular formula is C24H29ClF2N2O2S. The van der Waals surface area contributed by atoms with Crippen LogP contribution in [0.15, 0.2) is 42.5 Å². The average Bonchev–Trinajstić information content (AvgIpc) is 2.77. The number of hydrogen-bond donors (Lipinski definition) is 1. The first kappa shape index (κ1) is 26.1. The number of amides is 2. The standard InChI is InChI=1S/C24H29ClF2N2O2S/c1-3-5-13-28-24(31)22(4-2)29(14-17-9-11-18(26)12-10-17)23(30)16-32-15-19-20(25)7-6-8-21(19)27/h6-12,22H,3-5,13-16H2,1-2H3,(H,28,31). The summed E-state index contributed by atoms with van der Waals surface area (Å²) in [7, 11) is 0. The fraction of sp³-hybridized carbons (Fsp3) is 0.417. The Morgan fingerprint density at radius 3 is 2.47 bits per heavy atom. The number of unbranched alkanes of at least 4 members (excludes halogenated alkanes) is 1. The number of nitrogens with zero attached hydrogens (tertiary/aromatic N) is 1. The van der Waals surface area contributed by atoms with E-state index in [2.05, 4.69) is 5.32 Å². The van der Waals surface area contributed by atoms with Crippen LogP contribution in [0.4, 0.5) is 8.78 Å². The number of rotatable bonds is 12. The molecule has 0 aliphatic carbocycles. The van der Waals surface area contributed by atoms with E-state index in [-0.39, 0.29) is 35.7 Å². The van der Waals surface area contributed by atoms with Crippen molar-refractivity contribution in [2.24, 2.45) is 0 Å². The van der Waals surface area contributed by atoms with Gasteiger partial charge in [0.1, 0.15) is 17.7 Å². The predicted octanol–water partition coefficient (Wildman–Crippen LogP) is 5.58. The van der Waals surface area contributed by atoms with E-state index in [4.69, 9.17) is 11.6 Å². The molecule has 2 amide bonds. The number of carbonyl (C=O) groups is 2. The van der Waals surface area contributed by atoms with Gasteiger partial charge in [-0.15, -0.1) is 11.8 Å². The number of halogens is 3. The Hall–Kier alpha value is -2.12. The first-order valence-electron chi connectivity index (χ1n) is 10.7. The number of hydrogen-bond acceptors (Lipinski definition) is 3. The highest BCUT2D eigenvalue weighted by molar-refractivity contribution is 7.99. The molecule has 4 nitrogen and oxygen atoms in total. The first-order chi connectivity index (χ1) is 15.4. The largest absolute Gasteiger partial charge is 0.354 e. The molecule has 0 heterocycles. The van der Waals surface area contributed by atoms with E-state index in [0.717, 1.165) is 18.4 Å². The second kappa shape index (κ2) is 13.4. The van der Waals surface area contributed by atoms with Gasteiger partial charge in [-0.3, -0.25) is 9.59 Å². The summed E-state index contributed by atoms with van der Waals surface area (Å²) < 4.78 is 27.3. The van der Waals surface area contributed by atoms with Gasteiger partial charge in [-0.2, -0.15) is 0 Å². The van der Waals surface area contributed by atoms with E-state index in [1.165, 1.54) is 40.9 Å². The topological polar surface area (TPSA) is 49.4 Å². The van der Waals surface area contributed by atoms with Gasteiger partial charge in [0.15, 0.2) is 0 Å². The molecule has 2 aromatic carbocycles. The molecule has 0 aromatic heterocycles. The summed E-state index contributed by atoms with van der Waals surface area (Å²) in [6.45, 7) is 4.61. The van der Waals surface area contributed by atoms with Crippen LogP contribution in [0.5, 0.6) is 0 Å². The minimum Gasteiger partial charge on any atom is -0.354 e. The molecule has 32 heavy (non-hydrogen) atoms. The van der Waals surface area contributed by atoms with Crippen molar-refractivity contribution in [3.63, 3.8) is 0 Å². The third kappa shape index (κ3) is 7.78. The quantitative estimate of drug-likeness (QED) is 0.402. The van der Waals surface area contributed by atoms with Gasteiger partial charge in [-0.05, 0) is 42.7 Å². The minimum absolute atomic E-state index is 0.0601. The van der Waals surface area contributed by atoms with Crippen LogP contribution < -0.4 is 5.32 Å². The van der Waals surface area contributed by atoms with E-state index in [1.54, 1.807) is 18.2 Å². The van der Waals surface area contributed by atoms with E-state index in [0.29, 0.717) is 23.6 Å². The first-order valence-corrected chi connectivity index (χ1v) is 12.2. The zero-order valence-electron chi connectivity index (χ0n) is 18.4. The molecule has 1 atom stereocenters. The fourth-order valence-electron chi connectivity index (χ4n) is 3.21. The Kier molecular flexibility index (Phi) is 11.0. The van der Waals surface area contributed by atoms with Crippen LogP contribution in [-0.2, 0) is 21.9 Å². The number of benzene rings is 2. The van der Waals surface area contributed by atoms with Crippen molar-refractivity contribution in [3.8, 4) is 0 Å². The maximum absolute atomic E-state index is 14.0. The lowest BCUT2D eigenvalue weighted by Gasteiger charge is -2.30. The molecule has 174 valence electrons. The van der Waals surface area contributed by atoms with Crippen molar-refractivity contribution in [1.29, 1.82) is 0 Å². The zero-order valence-corrected chi connectivity index (χ0v) is 19.9. The Morgan fingerprint density at radius 1 is 1.12 bits per heavy atom. The highest BCUT2D eigenvalue weighted by Gasteiger charge is 2.28. The van der Waals surface area contributed by atoms with Crippen LogP contribution >= 0.6 is 23.4 Å². The lowest BCUT2D eigenvalue weighted by Crippen LogP contribution is -2.49. The van der Waals surface area contributed by atoms with Gasteiger partial charge < -0.3 is 10.2 Å². The second-order valence-corrected chi connectivity index (χ2v) is 8.80. The predicted molar refractivity (Wildman–Crippen MR) is 127 cm³/mol. The molecule has 0 aliphatic heterocycles. The third-order valence-electron chi connectivity index (χ3n) is 5.02. The van der Waals surface area contributed by atoms with E-state index in [9.17, 15) is 18.4 Å². The molecule has 8 heteroatoms. The molecule has 1 N–H and O–H groups in total. The highest BCUT2D eigenvalue weighted by Crippen LogP contribution is 2.24. The molecule has 0 spiro atoms. The number of carbonyl (C=O) groups excluding carboxylic acids is 2. The molecule has 2 rings (SSSR count). The van der Waals surface area contributed by atoms with Gasteiger partial charge in [0.25, 0.3) is 0 Å². The van der Waals surface area contributed by atoms with Crippen molar-refractivity contribution in [1.82, 2.24) is 10.2 Å². The smallest absolute Gasteiger partial charge is 0.242 e. The molecule has 1 unspecified atom stereocenters. The summed E-state index contributed by atoms with van der Waals surface area (Å²) in [6, 6.07) is 9.68. The molecule has 0 saturated carbocycles. The van der Waals surface area contributed by atoms with Crippen molar-refractivity contribution in [2.75, 3.05) is 12.3 Å². The highest BCUT2D eigenvalue weighted by atomic mass is 35.5. The van der Waals surface area contributed by atoms with Crippen LogP contribution in [0.2, 0.25) is 5.02 Å². The zero-order chi connectivity index (χ0) is 23.5. The number of thioether (sulfide) groups is 1. The monoisotopic (exact) mass is 482 g/mol. The van der Waals surface area contributed by atoms with Crippen LogP contribution in [0.1, 0.15) is 44.2 Å². The lowest BCUT2D eigenvalue weighted by atomic mass is 10.1. The maximum Gasteiger partial charge on any atom is 0.242 e. The van der Waals surface area contributed by atoms with Gasteiger partial charge in [0.2, 0.25) is 11.8 Å². The van der Waals surface area contributed by atoms with Crippen molar-refractivity contribution in [3.05, 3.63) is 70.2 Å². The normalized spacial score (nSPS) is 11.8. The minimum atomic E-state index is -0.651. The molecule has 0 radical (unpaired) electrons. The van der Waals surface area contributed by atoms with Crippen LogP contribution in [0, 0.1) is 11.6 Å². The number of nitrogens with one attached hydrogen (secondary N) is 1. The summed E-state index contributed by atoms with van der Waals surface area (Å²) in [5, 5.41) is 3.21. The maximum atomic E-state index is 14.0. The van der Waals surface area contributed by atoms with Crippen molar-refractivity contribution < 1.29 is 18.4 Å². The van der Waals surface area contributed by atoms with Crippen molar-refractivity contribution in [2.45, 2.75) is 51.4 Å². The summed E-state index contributed by atoms with van der Waals surface area (Å²) in [6.07, 6.45) is 2.24. The van der Waals surface area contributed by atoms with E-state index >= 15 is 0 Å². The summed E-state index contributed by atoms with van der Waals surface area (Å²) in [5.41, 5.74) is 1.07. The molecule has 0 bridgehead atoms. The Morgan fingerprint density at radius 2 is 1.84 bits per heavy atom.